The number of benzene rings is 3. The van der Waals surface area contributed by atoms with Crippen LogP contribution in [0.1, 0.15) is 65.7 Å². The van der Waals surface area contributed by atoms with Gasteiger partial charge in [0.25, 0.3) is 11.8 Å². The van der Waals surface area contributed by atoms with Crippen molar-refractivity contribution in [3.8, 4) is 11.4 Å². The smallest absolute Gasteiger partial charge is 0.273 e. The zero-order valence-electron chi connectivity index (χ0n) is 24.6. The molecule has 1 heterocycles. The van der Waals surface area contributed by atoms with Crippen molar-refractivity contribution in [1.82, 2.24) is 20.3 Å². The van der Waals surface area contributed by atoms with Gasteiger partial charge in [-0.1, -0.05) is 67.9 Å². The summed E-state index contributed by atoms with van der Waals surface area (Å²) in [6.45, 7) is 7.75. The van der Waals surface area contributed by atoms with Crippen molar-refractivity contribution in [1.29, 1.82) is 0 Å². The van der Waals surface area contributed by atoms with Crippen LogP contribution in [-0.4, -0.2) is 48.6 Å². The summed E-state index contributed by atoms with van der Waals surface area (Å²) in [6.07, 6.45) is 2.46. The molecule has 226 valence electrons. The Morgan fingerprint density at radius 1 is 1.00 bits per heavy atom. The second-order valence-electron chi connectivity index (χ2n) is 11.0. The van der Waals surface area contributed by atoms with Crippen LogP contribution in [0.5, 0.6) is 5.75 Å². The lowest BCUT2D eigenvalue weighted by atomic mass is 9.86. The van der Waals surface area contributed by atoms with Crippen LogP contribution < -0.4 is 20.1 Å². The topological polar surface area (TPSA) is 144 Å². The Labute approximate surface area is 255 Å². The van der Waals surface area contributed by atoms with Crippen molar-refractivity contribution in [3.05, 3.63) is 94.3 Å². The third kappa shape index (κ3) is 7.70. The zero-order chi connectivity index (χ0) is 31.5. The first kappa shape index (κ1) is 31.5. The molecule has 1 aromatic heterocycles. The fourth-order valence-corrected chi connectivity index (χ4v) is 5.01. The molecule has 4 rings (SSSR count). The normalized spacial score (nSPS) is 12.3. The summed E-state index contributed by atoms with van der Waals surface area (Å²) < 4.78 is 33.4. The number of sulfonamides is 1. The Balaban J connectivity index is 1.61. The lowest BCUT2D eigenvalue weighted by Crippen LogP contribution is -2.26. The summed E-state index contributed by atoms with van der Waals surface area (Å²) in [7, 11) is -2.25. The summed E-state index contributed by atoms with van der Waals surface area (Å²) in [6, 6.07) is 17.2. The van der Waals surface area contributed by atoms with Crippen molar-refractivity contribution in [3.63, 3.8) is 0 Å². The number of amides is 2. The first-order valence-electron chi connectivity index (χ1n) is 13.3. The molecular formula is C30H33ClN6O5S. The third-order valence-electron chi connectivity index (χ3n) is 6.53. The fourth-order valence-electron chi connectivity index (χ4n) is 4.26. The minimum absolute atomic E-state index is 0.0725. The first-order valence-corrected chi connectivity index (χ1v) is 15.5. The van der Waals surface area contributed by atoms with E-state index in [4.69, 9.17) is 16.3 Å². The number of carbonyl (C=O) groups excluding carboxylic acids is 2. The highest BCUT2D eigenvalue weighted by atomic mass is 35.5. The first-order chi connectivity index (χ1) is 20.2. The van der Waals surface area contributed by atoms with E-state index in [9.17, 15) is 18.0 Å². The molecule has 3 aromatic carbocycles. The van der Waals surface area contributed by atoms with Gasteiger partial charge in [0.15, 0.2) is 11.4 Å². The Hall–Kier alpha value is -4.42. The molecule has 0 aliphatic heterocycles. The van der Waals surface area contributed by atoms with Crippen LogP contribution in [0.2, 0.25) is 5.02 Å². The number of hydrogen-bond donors (Lipinski definition) is 3. The van der Waals surface area contributed by atoms with Crippen molar-refractivity contribution >= 4 is 44.8 Å². The number of ether oxygens (including phenoxy) is 1. The molecule has 4 aromatic rings. The number of hydrogen-bond acceptors (Lipinski definition) is 7. The number of nitrogens with zero attached hydrogens (tertiary/aromatic N) is 3. The van der Waals surface area contributed by atoms with E-state index in [1.165, 1.54) is 36.2 Å². The molecule has 0 aliphatic rings. The third-order valence-corrected chi connectivity index (χ3v) is 7.44. The Kier molecular flexibility index (Phi) is 9.12. The summed E-state index contributed by atoms with van der Waals surface area (Å²) in [5.74, 6) is -0.781. The molecule has 0 saturated heterocycles. The molecule has 0 bridgehead atoms. The molecule has 1 unspecified atom stereocenters. The van der Waals surface area contributed by atoms with Gasteiger partial charge in [-0.3, -0.25) is 14.3 Å². The summed E-state index contributed by atoms with van der Waals surface area (Å²) >= 11 is 6.44. The lowest BCUT2D eigenvalue weighted by molar-refractivity contribution is 0.0934. The van der Waals surface area contributed by atoms with E-state index in [2.05, 4.69) is 25.7 Å². The van der Waals surface area contributed by atoms with E-state index in [1.54, 1.807) is 12.1 Å². The van der Waals surface area contributed by atoms with Crippen molar-refractivity contribution < 1.29 is 22.7 Å². The number of aromatic nitrogens is 3. The van der Waals surface area contributed by atoms with Gasteiger partial charge in [-0.05, 0) is 53.8 Å². The van der Waals surface area contributed by atoms with Crippen LogP contribution >= 0.6 is 11.6 Å². The SMILES string of the molecule is COc1c(NC(=O)c2ccc(Cl)c(-n3cc(C(=O)NC(C)c4ccccc4)nn3)c2)cc(C(C)(C)C)cc1NS(C)(=O)=O. The van der Waals surface area contributed by atoms with Crippen LogP contribution in [0.15, 0.2) is 66.9 Å². The molecule has 0 saturated carbocycles. The van der Waals surface area contributed by atoms with Gasteiger partial charge >= 0.3 is 0 Å². The average molecular weight is 625 g/mol. The highest BCUT2D eigenvalue weighted by Gasteiger charge is 2.23. The minimum atomic E-state index is -3.64. The number of nitrogens with one attached hydrogen (secondary N) is 3. The number of methoxy groups -OCH3 is 1. The molecule has 2 amide bonds. The Morgan fingerprint density at radius 2 is 1.67 bits per heavy atom. The van der Waals surface area contributed by atoms with E-state index in [0.717, 1.165) is 17.4 Å². The molecule has 43 heavy (non-hydrogen) atoms. The predicted octanol–water partition coefficient (Wildman–Crippen LogP) is 5.34. The van der Waals surface area contributed by atoms with Crippen molar-refractivity contribution in [2.45, 2.75) is 39.2 Å². The monoisotopic (exact) mass is 624 g/mol. The zero-order valence-corrected chi connectivity index (χ0v) is 26.2. The van der Waals surface area contributed by atoms with Gasteiger partial charge in [0.2, 0.25) is 10.0 Å². The molecule has 0 aliphatic carbocycles. The largest absolute Gasteiger partial charge is 0.492 e. The Bertz CT molecular complexity index is 1770. The number of halogens is 1. The minimum Gasteiger partial charge on any atom is -0.492 e. The molecule has 0 radical (unpaired) electrons. The van der Waals surface area contributed by atoms with Crippen molar-refractivity contribution in [2.75, 3.05) is 23.4 Å². The highest BCUT2D eigenvalue weighted by Crippen LogP contribution is 2.39. The predicted molar refractivity (Wildman–Crippen MR) is 167 cm³/mol. The fraction of sp³-hybridized carbons (Fsp3) is 0.267. The average Bonchev–Trinajstić information content (AvgIpc) is 3.42. The summed E-state index contributed by atoms with van der Waals surface area (Å²) in [5.41, 5.74) is 2.42. The maximum atomic E-state index is 13.4. The molecule has 11 nitrogen and oxygen atoms in total. The molecule has 3 N–H and O–H groups in total. The quantitative estimate of drug-likeness (QED) is 0.228. The maximum Gasteiger partial charge on any atom is 0.273 e. The highest BCUT2D eigenvalue weighted by molar-refractivity contribution is 7.92. The van der Waals surface area contributed by atoms with E-state index in [0.29, 0.717) is 5.69 Å². The van der Waals surface area contributed by atoms with E-state index < -0.39 is 21.8 Å². The van der Waals surface area contributed by atoms with E-state index >= 15 is 0 Å². The van der Waals surface area contributed by atoms with Gasteiger partial charge in [0.1, 0.15) is 0 Å². The van der Waals surface area contributed by atoms with Gasteiger partial charge in [-0.25, -0.2) is 13.1 Å². The molecular weight excluding hydrogens is 592 g/mol. The summed E-state index contributed by atoms with van der Waals surface area (Å²) in [4.78, 5) is 26.3. The van der Waals surface area contributed by atoms with Gasteiger partial charge < -0.3 is 15.4 Å². The van der Waals surface area contributed by atoms with Gasteiger partial charge in [0, 0.05) is 5.56 Å². The lowest BCUT2D eigenvalue weighted by Gasteiger charge is -2.24. The molecule has 13 heteroatoms. The van der Waals surface area contributed by atoms with Gasteiger partial charge in [-0.15, -0.1) is 5.10 Å². The van der Waals surface area contributed by atoms with Crippen LogP contribution in [0.3, 0.4) is 0 Å². The van der Waals surface area contributed by atoms with Crippen LogP contribution in [0.25, 0.3) is 5.69 Å². The van der Waals surface area contributed by atoms with Crippen LogP contribution in [0.4, 0.5) is 11.4 Å². The second-order valence-corrected chi connectivity index (χ2v) is 13.2. The number of carbonyl (C=O) groups is 2. The molecule has 1 atom stereocenters. The Morgan fingerprint density at radius 3 is 2.30 bits per heavy atom. The number of anilines is 2. The van der Waals surface area contributed by atoms with Crippen molar-refractivity contribution in [2.24, 2.45) is 0 Å². The molecule has 0 spiro atoms. The van der Waals surface area contributed by atoms with E-state index in [-0.39, 0.29) is 44.9 Å². The van der Waals surface area contributed by atoms with Gasteiger partial charge in [-0.2, -0.15) is 0 Å². The van der Waals surface area contributed by atoms with Crippen LogP contribution in [-0.2, 0) is 15.4 Å². The van der Waals surface area contributed by atoms with Gasteiger partial charge in [0.05, 0.1) is 47.7 Å². The second kappa shape index (κ2) is 12.4. The molecule has 0 fully saturated rings. The standard InChI is InChI=1S/C30H33ClN6O5S/c1-18(19-10-8-7-9-11-19)32-29(39)25-17-37(36-34-25)26-14-20(12-13-22(26)31)28(38)33-23-15-21(30(2,3)4)16-24(27(23)42-5)35-43(6,40)41/h7-18,35H,1-6H3,(H,32,39)(H,33,38). The summed E-state index contributed by atoms with van der Waals surface area (Å²) in [5, 5.41) is 14.0. The van der Waals surface area contributed by atoms with Crippen LogP contribution in [0, 0.1) is 0 Å². The maximum absolute atomic E-state index is 13.4. The van der Waals surface area contributed by atoms with E-state index in [1.807, 2.05) is 58.0 Å². The number of rotatable bonds is 9.